The van der Waals surface area contributed by atoms with E-state index in [1.165, 1.54) is 12.1 Å². The number of aryl methyl sites for hydroxylation is 1. The molecule has 2 N–H and O–H groups in total. The van der Waals surface area contributed by atoms with Crippen molar-refractivity contribution in [1.82, 2.24) is 10.6 Å². The van der Waals surface area contributed by atoms with Crippen LogP contribution in [-0.2, 0) is 11.2 Å². The summed E-state index contributed by atoms with van der Waals surface area (Å²) < 4.78 is 41.1. The second kappa shape index (κ2) is 7.68. The molecule has 2 atom stereocenters. The maximum Gasteiger partial charge on any atom is 0.573 e. The summed E-state index contributed by atoms with van der Waals surface area (Å²) in [5.41, 5.74) is 0.370. The molecular weight excluding hydrogens is 309 g/mol. The molecule has 0 radical (unpaired) electrons. The van der Waals surface area contributed by atoms with Gasteiger partial charge in [0.15, 0.2) is 0 Å². The fraction of sp³-hybridized carbons (Fsp3) is 0.562. The molecule has 1 saturated heterocycles. The van der Waals surface area contributed by atoms with Crippen molar-refractivity contribution >= 4 is 5.91 Å². The second-order valence-electron chi connectivity index (χ2n) is 5.80. The second-order valence-corrected chi connectivity index (χ2v) is 5.80. The number of ether oxygens (including phenoxy) is 1. The number of rotatable bonds is 5. The summed E-state index contributed by atoms with van der Waals surface area (Å²) >= 11 is 0. The Hall–Kier alpha value is -1.76. The van der Waals surface area contributed by atoms with E-state index in [4.69, 9.17) is 0 Å². The van der Waals surface area contributed by atoms with E-state index in [9.17, 15) is 18.0 Å². The number of carbonyl (C=O) groups is 1. The van der Waals surface area contributed by atoms with Crippen LogP contribution in [0.2, 0.25) is 0 Å². The van der Waals surface area contributed by atoms with E-state index in [1.54, 1.807) is 12.1 Å². The summed E-state index contributed by atoms with van der Waals surface area (Å²) in [6.45, 7) is 3.74. The first-order valence-corrected chi connectivity index (χ1v) is 7.69. The zero-order valence-corrected chi connectivity index (χ0v) is 13.0. The molecule has 1 aromatic rings. The van der Waals surface area contributed by atoms with E-state index >= 15 is 0 Å². The molecule has 1 aliphatic rings. The molecule has 1 fully saturated rings. The fourth-order valence-electron chi connectivity index (χ4n) is 2.64. The number of hydrogen-bond acceptors (Lipinski definition) is 3. The summed E-state index contributed by atoms with van der Waals surface area (Å²) in [5.74, 6) is -0.0195. The Morgan fingerprint density at radius 1 is 1.39 bits per heavy atom. The Bertz CT molecular complexity index is 534. The molecule has 0 aromatic heterocycles. The van der Waals surface area contributed by atoms with Gasteiger partial charge in [0.2, 0.25) is 5.91 Å². The standard InChI is InChI=1S/C16H21F3N2O2/c1-11-8-9-20-10-13(11)21-15(22)7-6-12-4-2-3-5-14(12)23-16(17,18)19/h2-5,11,13,20H,6-10H2,1H3,(H,21,22). The van der Waals surface area contributed by atoms with Crippen LogP contribution in [0.25, 0.3) is 0 Å². The number of carbonyl (C=O) groups excluding carboxylic acids is 1. The molecule has 0 bridgehead atoms. The Labute approximate surface area is 133 Å². The third kappa shape index (κ3) is 5.74. The van der Waals surface area contributed by atoms with E-state index in [0.29, 0.717) is 11.5 Å². The quantitative estimate of drug-likeness (QED) is 0.873. The number of hydrogen-bond donors (Lipinski definition) is 2. The van der Waals surface area contributed by atoms with Crippen LogP contribution in [-0.4, -0.2) is 31.4 Å². The lowest BCUT2D eigenvalue weighted by molar-refractivity contribution is -0.274. The monoisotopic (exact) mass is 330 g/mol. The molecule has 2 rings (SSSR count). The van der Waals surface area contributed by atoms with Gasteiger partial charge in [0, 0.05) is 19.0 Å². The third-order valence-corrected chi connectivity index (χ3v) is 3.99. The zero-order chi connectivity index (χ0) is 16.9. The van der Waals surface area contributed by atoms with E-state index in [-0.39, 0.29) is 30.5 Å². The SMILES string of the molecule is CC1CCNCC1NC(=O)CCc1ccccc1OC(F)(F)F. The average Bonchev–Trinajstić information content (AvgIpc) is 2.47. The lowest BCUT2D eigenvalue weighted by Crippen LogP contribution is -2.50. The van der Waals surface area contributed by atoms with Crippen LogP contribution >= 0.6 is 0 Å². The lowest BCUT2D eigenvalue weighted by atomic mass is 9.94. The summed E-state index contributed by atoms with van der Waals surface area (Å²) in [6, 6.07) is 5.97. The first kappa shape index (κ1) is 17.6. The molecule has 4 nitrogen and oxygen atoms in total. The number of halogens is 3. The summed E-state index contributed by atoms with van der Waals surface area (Å²) in [4.78, 5) is 12.0. The Morgan fingerprint density at radius 2 is 2.13 bits per heavy atom. The number of amides is 1. The molecule has 1 aliphatic heterocycles. The maximum atomic E-state index is 12.4. The number of nitrogens with one attached hydrogen (secondary N) is 2. The van der Waals surface area contributed by atoms with Crippen molar-refractivity contribution in [2.45, 2.75) is 38.6 Å². The van der Waals surface area contributed by atoms with Crippen molar-refractivity contribution in [2.24, 2.45) is 5.92 Å². The highest BCUT2D eigenvalue weighted by Crippen LogP contribution is 2.27. The molecule has 1 heterocycles. The number of benzene rings is 1. The van der Waals surface area contributed by atoms with Gasteiger partial charge in [0.1, 0.15) is 5.75 Å². The zero-order valence-electron chi connectivity index (χ0n) is 13.0. The van der Waals surface area contributed by atoms with E-state index < -0.39 is 6.36 Å². The van der Waals surface area contributed by atoms with Crippen molar-refractivity contribution in [3.63, 3.8) is 0 Å². The molecule has 23 heavy (non-hydrogen) atoms. The van der Waals surface area contributed by atoms with Gasteiger partial charge in [-0.3, -0.25) is 4.79 Å². The Kier molecular flexibility index (Phi) is 5.87. The first-order chi connectivity index (χ1) is 10.8. The van der Waals surface area contributed by atoms with Gasteiger partial charge >= 0.3 is 6.36 Å². The normalized spacial score (nSPS) is 21.7. The highest BCUT2D eigenvalue weighted by atomic mass is 19.4. The van der Waals surface area contributed by atoms with Crippen LogP contribution in [0.1, 0.15) is 25.3 Å². The van der Waals surface area contributed by atoms with Crippen LogP contribution in [0, 0.1) is 5.92 Å². The van der Waals surface area contributed by atoms with Gasteiger partial charge in [-0.05, 0) is 36.9 Å². The molecule has 1 amide bonds. The highest BCUT2D eigenvalue weighted by molar-refractivity contribution is 5.76. The predicted octanol–water partition coefficient (Wildman–Crippen LogP) is 2.63. The minimum atomic E-state index is -4.73. The van der Waals surface area contributed by atoms with Crippen molar-refractivity contribution in [1.29, 1.82) is 0 Å². The summed E-state index contributed by atoms with van der Waals surface area (Å²) in [5, 5.41) is 6.16. The van der Waals surface area contributed by atoms with E-state index in [0.717, 1.165) is 19.5 Å². The van der Waals surface area contributed by atoms with Crippen LogP contribution < -0.4 is 15.4 Å². The molecule has 2 unspecified atom stereocenters. The van der Waals surface area contributed by atoms with E-state index in [2.05, 4.69) is 22.3 Å². The molecule has 0 saturated carbocycles. The third-order valence-electron chi connectivity index (χ3n) is 3.99. The molecule has 0 spiro atoms. The predicted molar refractivity (Wildman–Crippen MR) is 80.0 cm³/mol. The number of alkyl halides is 3. The van der Waals surface area contributed by atoms with Crippen molar-refractivity contribution in [2.75, 3.05) is 13.1 Å². The topological polar surface area (TPSA) is 50.4 Å². The minimum Gasteiger partial charge on any atom is -0.406 e. The average molecular weight is 330 g/mol. The Morgan fingerprint density at radius 3 is 2.83 bits per heavy atom. The van der Waals surface area contributed by atoms with Crippen LogP contribution in [0.3, 0.4) is 0 Å². The lowest BCUT2D eigenvalue weighted by Gasteiger charge is -2.30. The van der Waals surface area contributed by atoms with Gasteiger partial charge in [-0.2, -0.15) is 0 Å². The van der Waals surface area contributed by atoms with Crippen molar-refractivity contribution in [3.05, 3.63) is 29.8 Å². The maximum absolute atomic E-state index is 12.4. The van der Waals surface area contributed by atoms with Crippen molar-refractivity contribution in [3.8, 4) is 5.75 Å². The molecule has 1 aromatic carbocycles. The fourth-order valence-corrected chi connectivity index (χ4v) is 2.64. The van der Waals surface area contributed by atoms with Gasteiger partial charge < -0.3 is 15.4 Å². The van der Waals surface area contributed by atoms with E-state index in [1.807, 2.05) is 0 Å². The molecule has 128 valence electrons. The first-order valence-electron chi connectivity index (χ1n) is 7.69. The largest absolute Gasteiger partial charge is 0.573 e. The van der Waals surface area contributed by atoms with Crippen LogP contribution in [0.15, 0.2) is 24.3 Å². The van der Waals surface area contributed by atoms with Gasteiger partial charge in [-0.1, -0.05) is 25.1 Å². The van der Waals surface area contributed by atoms with Crippen LogP contribution in [0.5, 0.6) is 5.75 Å². The number of piperidine rings is 1. The Balaban J connectivity index is 1.89. The van der Waals surface area contributed by atoms with Crippen LogP contribution in [0.4, 0.5) is 13.2 Å². The summed E-state index contributed by atoms with van der Waals surface area (Å²) in [6.07, 6.45) is -3.41. The summed E-state index contributed by atoms with van der Waals surface area (Å²) in [7, 11) is 0. The van der Waals surface area contributed by atoms with Gasteiger partial charge in [0.05, 0.1) is 0 Å². The molecular formula is C16H21F3N2O2. The van der Waals surface area contributed by atoms with Gasteiger partial charge in [0.25, 0.3) is 0 Å². The van der Waals surface area contributed by atoms with Gasteiger partial charge in [-0.25, -0.2) is 0 Å². The molecule has 0 aliphatic carbocycles. The molecule has 7 heteroatoms. The minimum absolute atomic E-state index is 0.0675. The van der Waals surface area contributed by atoms with Crippen molar-refractivity contribution < 1.29 is 22.7 Å². The smallest absolute Gasteiger partial charge is 0.406 e. The highest BCUT2D eigenvalue weighted by Gasteiger charge is 2.32. The van der Waals surface area contributed by atoms with Gasteiger partial charge in [-0.15, -0.1) is 13.2 Å². The number of para-hydroxylation sites is 1.